The van der Waals surface area contributed by atoms with Gasteiger partial charge in [0, 0.05) is 12.6 Å². The summed E-state index contributed by atoms with van der Waals surface area (Å²) in [5, 5.41) is 9.18. The second-order valence-electron chi connectivity index (χ2n) is 4.75. The summed E-state index contributed by atoms with van der Waals surface area (Å²) in [4.78, 5) is 13.7. The Morgan fingerprint density at radius 1 is 1.44 bits per heavy atom. The highest BCUT2D eigenvalue weighted by Gasteiger charge is 2.26. The van der Waals surface area contributed by atoms with Crippen LogP contribution in [0.5, 0.6) is 0 Å². The van der Waals surface area contributed by atoms with Gasteiger partial charge in [-0.15, -0.1) is 0 Å². The van der Waals surface area contributed by atoms with E-state index in [0.717, 1.165) is 24.9 Å². The number of hydrogen-bond acceptors (Lipinski definition) is 2. The standard InChI is InChI=1S/C15H19NO2/c1-12-4-6-13(7-5-12)8-9-15(18)16-10-2-3-14(16)11-17/h4-9,14,17H,2-3,10-11H2,1H3. The fourth-order valence-electron chi connectivity index (χ4n) is 2.26. The molecule has 1 aliphatic rings. The van der Waals surface area contributed by atoms with E-state index in [1.165, 1.54) is 5.56 Å². The average Bonchev–Trinajstić information content (AvgIpc) is 2.86. The number of carbonyl (C=O) groups is 1. The van der Waals surface area contributed by atoms with Gasteiger partial charge in [0.15, 0.2) is 0 Å². The summed E-state index contributed by atoms with van der Waals surface area (Å²) in [6, 6.07) is 8.03. The van der Waals surface area contributed by atoms with Gasteiger partial charge in [0.05, 0.1) is 12.6 Å². The van der Waals surface area contributed by atoms with E-state index >= 15 is 0 Å². The van der Waals surface area contributed by atoms with Gasteiger partial charge in [-0.1, -0.05) is 29.8 Å². The van der Waals surface area contributed by atoms with Gasteiger partial charge in [0.25, 0.3) is 0 Å². The van der Waals surface area contributed by atoms with Crippen LogP contribution in [0.3, 0.4) is 0 Å². The average molecular weight is 245 g/mol. The molecule has 1 aromatic carbocycles. The molecule has 2 rings (SSSR count). The van der Waals surface area contributed by atoms with Crippen LogP contribution in [0.4, 0.5) is 0 Å². The van der Waals surface area contributed by atoms with E-state index in [-0.39, 0.29) is 18.6 Å². The Labute approximate surface area is 108 Å². The number of aliphatic hydroxyl groups excluding tert-OH is 1. The van der Waals surface area contributed by atoms with Gasteiger partial charge in [-0.05, 0) is 31.4 Å². The van der Waals surface area contributed by atoms with Gasteiger partial charge in [0.2, 0.25) is 5.91 Å². The van der Waals surface area contributed by atoms with Gasteiger partial charge >= 0.3 is 0 Å². The van der Waals surface area contributed by atoms with Crippen LogP contribution in [-0.2, 0) is 4.79 Å². The molecular weight excluding hydrogens is 226 g/mol. The summed E-state index contributed by atoms with van der Waals surface area (Å²) in [6.07, 6.45) is 5.31. The number of rotatable bonds is 3. The highest BCUT2D eigenvalue weighted by Crippen LogP contribution is 2.17. The number of amides is 1. The number of aliphatic hydroxyl groups is 1. The molecule has 1 atom stereocenters. The van der Waals surface area contributed by atoms with Crippen LogP contribution >= 0.6 is 0 Å². The van der Waals surface area contributed by atoms with Crippen LogP contribution < -0.4 is 0 Å². The second-order valence-corrected chi connectivity index (χ2v) is 4.75. The lowest BCUT2D eigenvalue weighted by molar-refractivity contribution is -0.127. The van der Waals surface area contributed by atoms with Crippen LogP contribution in [0.25, 0.3) is 6.08 Å². The molecule has 0 saturated carbocycles. The quantitative estimate of drug-likeness (QED) is 0.827. The number of benzene rings is 1. The Balaban J connectivity index is 2.00. The minimum Gasteiger partial charge on any atom is -0.394 e. The first-order valence-corrected chi connectivity index (χ1v) is 6.37. The molecule has 1 unspecified atom stereocenters. The van der Waals surface area contributed by atoms with E-state index in [2.05, 4.69) is 0 Å². The van der Waals surface area contributed by atoms with Gasteiger partial charge < -0.3 is 10.0 Å². The number of nitrogens with zero attached hydrogens (tertiary/aromatic N) is 1. The SMILES string of the molecule is Cc1ccc(C=CC(=O)N2CCCC2CO)cc1. The monoisotopic (exact) mass is 245 g/mol. The van der Waals surface area contributed by atoms with Gasteiger partial charge in [-0.2, -0.15) is 0 Å². The van der Waals surface area contributed by atoms with Crippen LogP contribution in [0, 0.1) is 6.92 Å². The molecule has 96 valence electrons. The van der Waals surface area contributed by atoms with Crippen molar-refractivity contribution in [1.82, 2.24) is 4.90 Å². The smallest absolute Gasteiger partial charge is 0.246 e. The third-order valence-corrected chi connectivity index (χ3v) is 3.37. The molecule has 0 aliphatic carbocycles. The van der Waals surface area contributed by atoms with Crippen molar-refractivity contribution >= 4 is 12.0 Å². The van der Waals surface area contributed by atoms with E-state index < -0.39 is 0 Å². The van der Waals surface area contributed by atoms with Crippen molar-refractivity contribution in [1.29, 1.82) is 0 Å². The lowest BCUT2D eigenvalue weighted by Crippen LogP contribution is -2.36. The summed E-state index contributed by atoms with van der Waals surface area (Å²) in [6.45, 7) is 2.85. The summed E-state index contributed by atoms with van der Waals surface area (Å²) < 4.78 is 0. The van der Waals surface area contributed by atoms with Crippen molar-refractivity contribution in [2.75, 3.05) is 13.2 Å². The van der Waals surface area contributed by atoms with Crippen LogP contribution in [0.1, 0.15) is 24.0 Å². The minimum atomic E-state index is -0.00729. The zero-order chi connectivity index (χ0) is 13.0. The Bertz CT molecular complexity index is 436. The number of likely N-dealkylation sites (tertiary alicyclic amines) is 1. The van der Waals surface area contributed by atoms with E-state index in [9.17, 15) is 9.90 Å². The summed E-state index contributed by atoms with van der Waals surface area (Å²) in [5.41, 5.74) is 2.23. The van der Waals surface area contributed by atoms with Gasteiger partial charge in [-0.25, -0.2) is 0 Å². The molecule has 0 aromatic heterocycles. The topological polar surface area (TPSA) is 40.5 Å². The first-order chi connectivity index (χ1) is 8.70. The van der Waals surface area contributed by atoms with Gasteiger partial charge in [-0.3, -0.25) is 4.79 Å². The molecule has 3 nitrogen and oxygen atoms in total. The molecular formula is C15H19NO2. The summed E-state index contributed by atoms with van der Waals surface area (Å²) in [7, 11) is 0. The maximum absolute atomic E-state index is 12.0. The molecule has 18 heavy (non-hydrogen) atoms. The highest BCUT2D eigenvalue weighted by molar-refractivity contribution is 5.92. The molecule has 0 radical (unpaired) electrons. The highest BCUT2D eigenvalue weighted by atomic mass is 16.3. The molecule has 1 saturated heterocycles. The zero-order valence-electron chi connectivity index (χ0n) is 10.7. The van der Waals surface area contributed by atoms with Crippen molar-refractivity contribution in [3.8, 4) is 0 Å². The number of hydrogen-bond donors (Lipinski definition) is 1. The molecule has 1 heterocycles. The van der Waals surface area contributed by atoms with E-state index in [4.69, 9.17) is 0 Å². The van der Waals surface area contributed by atoms with Gasteiger partial charge in [0.1, 0.15) is 0 Å². The largest absolute Gasteiger partial charge is 0.394 e. The molecule has 3 heteroatoms. The molecule has 1 aromatic rings. The van der Waals surface area contributed by atoms with Crippen molar-refractivity contribution < 1.29 is 9.90 Å². The third kappa shape index (κ3) is 2.99. The predicted molar refractivity (Wildman–Crippen MR) is 72.0 cm³/mol. The second kappa shape index (κ2) is 5.83. The predicted octanol–water partition coefficient (Wildman–Crippen LogP) is 1.99. The Morgan fingerprint density at radius 2 is 2.17 bits per heavy atom. The lowest BCUT2D eigenvalue weighted by Gasteiger charge is -2.21. The van der Waals surface area contributed by atoms with Crippen LogP contribution in [0.15, 0.2) is 30.3 Å². The van der Waals surface area contributed by atoms with Crippen molar-refractivity contribution in [2.45, 2.75) is 25.8 Å². The zero-order valence-corrected chi connectivity index (χ0v) is 10.7. The van der Waals surface area contributed by atoms with Crippen molar-refractivity contribution in [3.05, 3.63) is 41.5 Å². The van der Waals surface area contributed by atoms with E-state index in [1.807, 2.05) is 37.3 Å². The Hall–Kier alpha value is -1.61. The normalized spacial score (nSPS) is 19.7. The van der Waals surface area contributed by atoms with Crippen molar-refractivity contribution in [3.63, 3.8) is 0 Å². The summed E-state index contributed by atoms with van der Waals surface area (Å²) >= 11 is 0. The number of carbonyl (C=O) groups excluding carboxylic acids is 1. The lowest BCUT2D eigenvalue weighted by atomic mass is 10.1. The van der Waals surface area contributed by atoms with E-state index in [1.54, 1.807) is 11.0 Å². The minimum absolute atomic E-state index is 0.000155. The van der Waals surface area contributed by atoms with Crippen LogP contribution in [-0.4, -0.2) is 35.1 Å². The summed E-state index contributed by atoms with van der Waals surface area (Å²) in [5.74, 6) is -0.00729. The van der Waals surface area contributed by atoms with Crippen LogP contribution in [0.2, 0.25) is 0 Å². The van der Waals surface area contributed by atoms with Crippen molar-refractivity contribution in [2.24, 2.45) is 0 Å². The molecule has 0 spiro atoms. The molecule has 1 amide bonds. The Kier molecular flexibility index (Phi) is 4.15. The fourth-order valence-corrected chi connectivity index (χ4v) is 2.26. The van der Waals surface area contributed by atoms with E-state index in [0.29, 0.717) is 0 Å². The first kappa shape index (κ1) is 12.8. The molecule has 1 N–H and O–H groups in total. The molecule has 1 fully saturated rings. The fraction of sp³-hybridized carbons (Fsp3) is 0.400. The molecule has 1 aliphatic heterocycles. The number of aryl methyl sites for hydroxylation is 1. The third-order valence-electron chi connectivity index (χ3n) is 3.37. The molecule has 0 bridgehead atoms. The maximum atomic E-state index is 12.0. The first-order valence-electron chi connectivity index (χ1n) is 6.37. The Morgan fingerprint density at radius 3 is 2.83 bits per heavy atom. The maximum Gasteiger partial charge on any atom is 0.246 e.